The van der Waals surface area contributed by atoms with Gasteiger partial charge in [0.05, 0.1) is 11.6 Å². The third kappa shape index (κ3) is 4.70. The number of amides is 1. The quantitative estimate of drug-likeness (QED) is 0.804. The van der Waals surface area contributed by atoms with Gasteiger partial charge in [-0.15, -0.1) is 0 Å². The van der Waals surface area contributed by atoms with Gasteiger partial charge in [0.2, 0.25) is 5.91 Å². The van der Waals surface area contributed by atoms with E-state index in [2.05, 4.69) is 5.32 Å². The topological polar surface area (TPSA) is 79.0 Å². The Morgan fingerprint density at radius 3 is 2.50 bits per heavy atom. The third-order valence-corrected chi connectivity index (χ3v) is 6.57. The van der Waals surface area contributed by atoms with E-state index in [-0.39, 0.29) is 12.5 Å². The summed E-state index contributed by atoms with van der Waals surface area (Å²) < 4.78 is 33.2. The predicted octanol–water partition coefficient (Wildman–Crippen LogP) is 2.94. The van der Waals surface area contributed by atoms with Gasteiger partial charge in [0.15, 0.2) is 5.75 Å². The first-order chi connectivity index (χ1) is 13.4. The minimum Gasteiger partial charge on any atom is -0.455 e. The summed E-state index contributed by atoms with van der Waals surface area (Å²) >= 11 is 0. The van der Waals surface area contributed by atoms with Crippen LogP contribution in [0, 0.1) is 5.92 Å². The van der Waals surface area contributed by atoms with Crippen LogP contribution in [0.2, 0.25) is 0 Å². The average molecular weight is 404 g/mol. The molecule has 1 unspecified atom stereocenters. The van der Waals surface area contributed by atoms with Crippen LogP contribution in [-0.4, -0.2) is 50.1 Å². The SMILES string of the molecule is CN(C)S(=O)(=O)N1CCCC(C(=O)Nc2ccccc2Oc2ccccc2)C1. The van der Waals surface area contributed by atoms with E-state index in [1.807, 2.05) is 42.5 Å². The van der Waals surface area contributed by atoms with Crippen LogP contribution in [-0.2, 0) is 15.0 Å². The van der Waals surface area contributed by atoms with Crippen molar-refractivity contribution in [1.82, 2.24) is 8.61 Å². The summed E-state index contributed by atoms with van der Waals surface area (Å²) in [5.41, 5.74) is 0.559. The normalized spacial score (nSPS) is 18.0. The highest BCUT2D eigenvalue weighted by Gasteiger charge is 2.33. The molecule has 1 aliphatic rings. The number of rotatable bonds is 6. The Bertz CT molecular complexity index is 916. The fourth-order valence-corrected chi connectivity index (χ4v) is 4.30. The molecule has 0 bridgehead atoms. The molecule has 1 fully saturated rings. The minimum absolute atomic E-state index is 0.175. The molecule has 2 aromatic rings. The van der Waals surface area contributed by atoms with Crippen LogP contribution in [0.15, 0.2) is 54.6 Å². The van der Waals surface area contributed by atoms with Gasteiger partial charge in [-0.1, -0.05) is 30.3 Å². The second-order valence-electron chi connectivity index (χ2n) is 6.89. The number of ether oxygens (including phenoxy) is 1. The van der Waals surface area contributed by atoms with Gasteiger partial charge in [-0.25, -0.2) is 0 Å². The zero-order chi connectivity index (χ0) is 20.1. The number of benzene rings is 2. The zero-order valence-corrected chi connectivity index (χ0v) is 16.9. The minimum atomic E-state index is -3.53. The highest BCUT2D eigenvalue weighted by Crippen LogP contribution is 2.30. The molecule has 0 spiro atoms. The molecule has 1 aliphatic heterocycles. The Morgan fingerprint density at radius 2 is 1.79 bits per heavy atom. The molecule has 1 amide bonds. The van der Waals surface area contributed by atoms with Crippen molar-refractivity contribution in [1.29, 1.82) is 0 Å². The van der Waals surface area contributed by atoms with E-state index in [9.17, 15) is 13.2 Å². The smallest absolute Gasteiger partial charge is 0.281 e. The first-order valence-corrected chi connectivity index (χ1v) is 10.6. The summed E-state index contributed by atoms with van der Waals surface area (Å²) in [6.07, 6.45) is 1.29. The van der Waals surface area contributed by atoms with Crippen molar-refractivity contribution >= 4 is 21.8 Å². The molecular formula is C20H25N3O4S. The van der Waals surface area contributed by atoms with E-state index in [1.165, 1.54) is 22.7 Å². The van der Waals surface area contributed by atoms with E-state index in [0.717, 1.165) is 0 Å². The lowest BCUT2D eigenvalue weighted by atomic mass is 9.98. The Balaban J connectivity index is 1.71. The van der Waals surface area contributed by atoms with Crippen LogP contribution in [0.5, 0.6) is 11.5 Å². The fraction of sp³-hybridized carbons (Fsp3) is 0.350. The molecule has 1 atom stereocenters. The predicted molar refractivity (Wildman–Crippen MR) is 108 cm³/mol. The van der Waals surface area contributed by atoms with Crippen molar-refractivity contribution in [2.24, 2.45) is 5.92 Å². The van der Waals surface area contributed by atoms with Crippen molar-refractivity contribution in [2.45, 2.75) is 12.8 Å². The number of carbonyl (C=O) groups is 1. The summed E-state index contributed by atoms with van der Waals surface area (Å²) in [7, 11) is -0.534. The van der Waals surface area contributed by atoms with Gasteiger partial charge in [-0.3, -0.25) is 4.79 Å². The standard InChI is InChI=1S/C20H25N3O4S/c1-22(2)28(25,26)23-14-8-9-16(15-23)20(24)21-18-12-6-7-13-19(18)27-17-10-4-3-5-11-17/h3-7,10-13,16H,8-9,14-15H2,1-2H3,(H,21,24). The average Bonchev–Trinajstić information content (AvgIpc) is 2.70. The van der Waals surface area contributed by atoms with Crippen molar-refractivity contribution in [3.8, 4) is 11.5 Å². The molecule has 1 saturated heterocycles. The molecule has 150 valence electrons. The Morgan fingerprint density at radius 1 is 1.11 bits per heavy atom. The lowest BCUT2D eigenvalue weighted by Gasteiger charge is -2.32. The number of carbonyl (C=O) groups excluding carboxylic acids is 1. The van der Waals surface area contributed by atoms with E-state index >= 15 is 0 Å². The molecule has 2 aromatic carbocycles. The molecule has 0 saturated carbocycles. The largest absolute Gasteiger partial charge is 0.455 e. The van der Waals surface area contributed by atoms with Gasteiger partial charge in [-0.2, -0.15) is 17.0 Å². The van der Waals surface area contributed by atoms with Crippen LogP contribution >= 0.6 is 0 Å². The number of para-hydroxylation sites is 3. The second-order valence-corrected chi connectivity index (χ2v) is 9.03. The number of anilines is 1. The van der Waals surface area contributed by atoms with Crippen LogP contribution in [0.1, 0.15) is 12.8 Å². The van der Waals surface area contributed by atoms with Gasteiger partial charge in [-0.05, 0) is 37.1 Å². The summed E-state index contributed by atoms with van der Waals surface area (Å²) in [5.74, 6) is 0.594. The molecule has 3 rings (SSSR count). The van der Waals surface area contributed by atoms with Gasteiger partial charge in [0, 0.05) is 27.2 Å². The maximum Gasteiger partial charge on any atom is 0.281 e. The van der Waals surface area contributed by atoms with Crippen LogP contribution in [0.25, 0.3) is 0 Å². The molecule has 1 N–H and O–H groups in total. The van der Waals surface area contributed by atoms with Crippen LogP contribution in [0.4, 0.5) is 5.69 Å². The maximum absolute atomic E-state index is 12.8. The van der Waals surface area contributed by atoms with Crippen LogP contribution < -0.4 is 10.1 Å². The number of nitrogens with one attached hydrogen (secondary N) is 1. The van der Waals surface area contributed by atoms with Gasteiger partial charge in [0.25, 0.3) is 10.2 Å². The first-order valence-electron chi connectivity index (χ1n) is 9.18. The highest BCUT2D eigenvalue weighted by atomic mass is 32.2. The van der Waals surface area contributed by atoms with Gasteiger partial charge >= 0.3 is 0 Å². The molecule has 0 radical (unpaired) electrons. The summed E-state index contributed by atoms with van der Waals surface area (Å²) in [6, 6.07) is 16.5. The van der Waals surface area contributed by atoms with Crippen molar-refractivity contribution in [3.63, 3.8) is 0 Å². The molecule has 0 aliphatic carbocycles. The first kappa shape index (κ1) is 20.3. The molecular weight excluding hydrogens is 378 g/mol. The van der Waals surface area contributed by atoms with Gasteiger partial charge in [0.1, 0.15) is 5.75 Å². The van der Waals surface area contributed by atoms with E-state index in [0.29, 0.717) is 36.6 Å². The highest BCUT2D eigenvalue weighted by molar-refractivity contribution is 7.86. The number of hydrogen-bond donors (Lipinski definition) is 1. The Hall–Kier alpha value is -2.42. The van der Waals surface area contributed by atoms with Gasteiger partial charge < -0.3 is 10.1 Å². The molecule has 8 heteroatoms. The fourth-order valence-electron chi connectivity index (χ4n) is 3.11. The molecule has 7 nitrogen and oxygen atoms in total. The summed E-state index contributed by atoms with van der Waals surface area (Å²) in [6.45, 7) is 0.603. The van der Waals surface area contributed by atoms with E-state index in [4.69, 9.17) is 4.74 Å². The van der Waals surface area contributed by atoms with Crippen molar-refractivity contribution < 1.29 is 17.9 Å². The lowest BCUT2D eigenvalue weighted by molar-refractivity contribution is -0.120. The summed E-state index contributed by atoms with van der Waals surface area (Å²) in [5, 5.41) is 2.90. The summed E-state index contributed by atoms with van der Waals surface area (Å²) in [4.78, 5) is 12.8. The number of piperidine rings is 1. The monoisotopic (exact) mass is 403 g/mol. The lowest BCUT2D eigenvalue weighted by Crippen LogP contribution is -2.47. The van der Waals surface area contributed by atoms with Crippen LogP contribution in [0.3, 0.4) is 0 Å². The van der Waals surface area contributed by atoms with Crippen molar-refractivity contribution in [2.75, 3.05) is 32.5 Å². The third-order valence-electron chi connectivity index (χ3n) is 4.66. The molecule has 0 aromatic heterocycles. The van der Waals surface area contributed by atoms with E-state index < -0.39 is 16.1 Å². The second kappa shape index (κ2) is 8.72. The van der Waals surface area contributed by atoms with Crippen molar-refractivity contribution in [3.05, 3.63) is 54.6 Å². The Labute approximate surface area is 166 Å². The molecule has 1 heterocycles. The maximum atomic E-state index is 12.8. The van der Waals surface area contributed by atoms with E-state index in [1.54, 1.807) is 12.1 Å². The molecule has 28 heavy (non-hydrogen) atoms. The number of hydrogen-bond acceptors (Lipinski definition) is 4. The zero-order valence-electron chi connectivity index (χ0n) is 16.0. The Kier molecular flexibility index (Phi) is 6.33. The number of nitrogens with zero attached hydrogens (tertiary/aromatic N) is 2.